The Morgan fingerprint density at radius 1 is 1.47 bits per heavy atom. The summed E-state index contributed by atoms with van der Waals surface area (Å²) in [4.78, 5) is 10.8. The lowest BCUT2D eigenvalue weighted by atomic mass is 9.95. The summed E-state index contributed by atoms with van der Waals surface area (Å²) < 4.78 is 4.97. The summed E-state index contributed by atoms with van der Waals surface area (Å²) in [7, 11) is 1.47. The zero-order valence-corrected chi connectivity index (χ0v) is 8.94. The minimum atomic E-state index is -0.925. The summed E-state index contributed by atoms with van der Waals surface area (Å²) in [5, 5.41) is 18.5. The molecular formula is C11H14O4. The molecule has 2 N–H and O–H groups in total. The van der Waals surface area contributed by atoms with Gasteiger partial charge >= 0.3 is 5.97 Å². The molecule has 0 spiro atoms. The van der Waals surface area contributed by atoms with Crippen molar-refractivity contribution in [2.45, 2.75) is 19.8 Å². The molecule has 82 valence electrons. The molecule has 0 amide bonds. The number of carbonyl (C=O) groups is 1. The number of aliphatic carboxylic acids is 1. The first-order valence-corrected chi connectivity index (χ1v) is 4.57. The Morgan fingerprint density at radius 3 is 2.53 bits per heavy atom. The molecule has 1 unspecified atom stereocenters. The fraction of sp³-hybridized carbons (Fsp3) is 0.364. The van der Waals surface area contributed by atoms with Crippen molar-refractivity contribution in [3.63, 3.8) is 0 Å². The zero-order chi connectivity index (χ0) is 11.6. The molecule has 4 heteroatoms. The van der Waals surface area contributed by atoms with Gasteiger partial charge in [-0.15, -0.1) is 0 Å². The highest BCUT2D eigenvalue weighted by molar-refractivity contribution is 5.76. The zero-order valence-electron chi connectivity index (χ0n) is 8.94. The molecule has 1 rings (SSSR count). The van der Waals surface area contributed by atoms with Crippen LogP contribution in [0, 0.1) is 6.92 Å². The van der Waals surface area contributed by atoms with Crippen LogP contribution < -0.4 is 4.74 Å². The topological polar surface area (TPSA) is 66.8 Å². The number of benzene rings is 1. The van der Waals surface area contributed by atoms with Gasteiger partial charge < -0.3 is 14.9 Å². The van der Waals surface area contributed by atoms with Crippen molar-refractivity contribution in [3.05, 3.63) is 23.3 Å². The minimum Gasteiger partial charge on any atom is -0.508 e. The molecule has 1 aromatic rings. The third-order valence-electron chi connectivity index (χ3n) is 2.47. The van der Waals surface area contributed by atoms with Gasteiger partial charge in [0.05, 0.1) is 13.0 Å². The number of hydrogen-bond donors (Lipinski definition) is 2. The molecular weight excluding hydrogens is 196 g/mol. The van der Waals surface area contributed by atoms with E-state index in [9.17, 15) is 9.90 Å². The Hall–Kier alpha value is -1.71. The van der Waals surface area contributed by atoms with Gasteiger partial charge in [-0.05, 0) is 31.0 Å². The summed E-state index contributed by atoms with van der Waals surface area (Å²) in [6.07, 6.45) is 0. The fourth-order valence-electron chi connectivity index (χ4n) is 1.39. The fourth-order valence-corrected chi connectivity index (χ4v) is 1.39. The van der Waals surface area contributed by atoms with Crippen LogP contribution in [0.1, 0.15) is 24.0 Å². The molecule has 0 saturated heterocycles. The van der Waals surface area contributed by atoms with Crippen LogP contribution in [-0.4, -0.2) is 23.3 Å². The monoisotopic (exact) mass is 210 g/mol. The highest BCUT2D eigenvalue weighted by Gasteiger charge is 2.18. The van der Waals surface area contributed by atoms with Crippen LogP contribution in [-0.2, 0) is 4.79 Å². The molecule has 0 heterocycles. The van der Waals surface area contributed by atoms with E-state index < -0.39 is 11.9 Å². The molecule has 0 aliphatic rings. The summed E-state index contributed by atoms with van der Waals surface area (Å²) in [6, 6.07) is 3.10. The van der Waals surface area contributed by atoms with Crippen molar-refractivity contribution in [1.29, 1.82) is 0 Å². The first-order valence-electron chi connectivity index (χ1n) is 4.57. The number of carboxylic acid groups (broad SMARTS) is 1. The van der Waals surface area contributed by atoms with Crippen molar-refractivity contribution in [2.75, 3.05) is 7.11 Å². The molecule has 0 radical (unpaired) electrons. The highest BCUT2D eigenvalue weighted by Crippen LogP contribution is 2.31. The van der Waals surface area contributed by atoms with Crippen LogP contribution in [0.5, 0.6) is 11.5 Å². The predicted molar refractivity (Wildman–Crippen MR) is 55.4 cm³/mol. The number of carboxylic acids is 1. The van der Waals surface area contributed by atoms with Crippen LogP contribution in [0.15, 0.2) is 12.1 Å². The first-order chi connectivity index (χ1) is 6.97. The van der Waals surface area contributed by atoms with Gasteiger partial charge in [0.15, 0.2) is 0 Å². The van der Waals surface area contributed by atoms with E-state index >= 15 is 0 Å². The van der Waals surface area contributed by atoms with E-state index in [-0.39, 0.29) is 5.75 Å². The molecule has 0 aliphatic carbocycles. The van der Waals surface area contributed by atoms with Crippen molar-refractivity contribution in [3.8, 4) is 11.5 Å². The molecule has 0 aromatic heterocycles. The van der Waals surface area contributed by atoms with E-state index in [1.807, 2.05) is 0 Å². The van der Waals surface area contributed by atoms with Crippen LogP contribution in [0.3, 0.4) is 0 Å². The molecule has 0 saturated carbocycles. The average molecular weight is 210 g/mol. The SMILES string of the molecule is COc1cc(O)c(C)c(C(C)C(=O)O)c1. The highest BCUT2D eigenvalue weighted by atomic mass is 16.5. The van der Waals surface area contributed by atoms with Gasteiger partial charge in [0.25, 0.3) is 0 Å². The Bertz CT molecular complexity index is 384. The lowest BCUT2D eigenvalue weighted by Crippen LogP contribution is -2.09. The molecule has 4 nitrogen and oxygen atoms in total. The van der Waals surface area contributed by atoms with Gasteiger partial charge in [0, 0.05) is 6.07 Å². The third-order valence-corrected chi connectivity index (χ3v) is 2.47. The van der Waals surface area contributed by atoms with Crippen LogP contribution >= 0.6 is 0 Å². The Balaban J connectivity index is 3.27. The maximum absolute atomic E-state index is 10.8. The molecule has 0 aliphatic heterocycles. The summed E-state index contributed by atoms with van der Waals surface area (Å²) >= 11 is 0. The van der Waals surface area contributed by atoms with Crippen LogP contribution in [0.25, 0.3) is 0 Å². The van der Waals surface area contributed by atoms with E-state index in [0.717, 1.165) is 0 Å². The largest absolute Gasteiger partial charge is 0.508 e. The molecule has 0 bridgehead atoms. The van der Waals surface area contributed by atoms with Gasteiger partial charge in [0.2, 0.25) is 0 Å². The standard InChI is InChI=1S/C11H14O4/c1-6-9(7(2)11(13)14)4-8(15-3)5-10(6)12/h4-5,7,12H,1-3H3,(H,13,14). The van der Waals surface area contributed by atoms with E-state index in [1.165, 1.54) is 13.2 Å². The van der Waals surface area contributed by atoms with Gasteiger partial charge in [0.1, 0.15) is 11.5 Å². The van der Waals surface area contributed by atoms with Crippen molar-refractivity contribution in [2.24, 2.45) is 0 Å². The number of rotatable bonds is 3. The maximum atomic E-state index is 10.8. The molecule has 15 heavy (non-hydrogen) atoms. The Morgan fingerprint density at radius 2 is 2.07 bits per heavy atom. The second kappa shape index (κ2) is 4.21. The van der Waals surface area contributed by atoms with Gasteiger partial charge in [-0.1, -0.05) is 0 Å². The number of aromatic hydroxyl groups is 1. The Labute approximate surface area is 88.1 Å². The van der Waals surface area contributed by atoms with E-state index in [2.05, 4.69) is 0 Å². The summed E-state index contributed by atoms with van der Waals surface area (Å²) in [5.74, 6) is -1.07. The first kappa shape index (κ1) is 11.4. The van der Waals surface area contributed by atoms with Gasteiger partial charge in [-0.25, -0.2) is 0 Å². The number of hydrogen-bond acceptors (Lipinski definition) is 3. The van der Waals surface area contributed by atoms with Gasteiger partial charge in [-0.3, -0.25) is 4.79 Å². The van der Waals surface area contributed by atoms with E-state index in [0.29, 0.717) is 16.9 Å². The Kier molecular flexibility index (Phi) is 3.19. The molecule has 0 fully saturated rings. The molecule has 1 atom stereocenters. The summed E-state index contributed by atoms with van der Waals surface area (Å²) in [6.45, 7) is 3.26. The number of methoxy groups -OCH3 is 1. The summed E-state index contributed by atoms with van der Waals surface area (Å²) in [5.41, 5.74) is 1.14. The number of phenols is 1. The van der Waals surface area contributed by atoms with E-state index in [1.54, 1.807) is 19.9 Å². The van der Waals surface area contributed by atoms with Crippen LogP contribution in [0.4, 0.5) is 0 Å². The number of ether oxygens (including phenoxy) is 1. The predicted octanol–water partition coefficient (Wildman–Crippen LogP) is 1.90. The van der Waals surface area contributed by atoms with Crippen molar-refractivity contribution >= 4 is 5.97 Å². The molecule has 1 aromatic carbocycles. The smallest absolute Gasteiger partial charge is 0.310 e. The van der Waals surface area contributed by atoms with Crippen molar-refractivity contribution in [1.82, 2.24) is 0 Å². The van der Waals surface area contributed by atoms with Crippen LogP contribution in [0.2, 0.25) is 0 Å². The quantitative estimate of drug-likeness (QED) is 0.799. The normalized spacial score (nSPS) is 12.2. The average Bonchev–Trinajstić information content (AvgIpc) is 2.20. The lowest BCUT2D eigenvalue weighted by Gasteiger charge is -2.13. The second-order valence-electron chi connectivity index (χ2n) is 3.42. The van der Waals surface area contributed by atoms with E-state index in [4.69, 9.17) is 9.84 Å². The van der Waals surface area contributed by atoms with Crippen molar-refractivity contribution < 1.29 is 19.7 Å². The minimum absolute atomic E-state index is 0.0532. The maximum Gasteiger partial charge on any atom is 0.310 e. The van der Waals surface area contributed by atoms with Gasteiger partial charge in [-0.2, -0.15) is 0 Å². The number of phenolic OH excluding ortho intramolecular Hbond substituents is 1. The third kappa shape index (κ3) is 2.21. The lowest BCUT2D eigenvalue weighted by molar-refractivity contribution is -0.138. The second-order valence-corrected chi connectivity index (χ2v) is 3.42.